The molecule has 11 rings (SSSR count). The molecule has 4 saturated heterocycles. The van der Waals surface area contributed by atoms with Gasteiger partial charge < -0.3 is 49.3 Å². The van der Waals surface area contributed by atoms with Gasteiger partial charge in [-0.1, -0.05) is 137 Å². The van der Waals surface area contributed by atoms with E-state index >= 15 is 0 Å². The molecular formula is C80H94B2BrCl3F3N3O13S. The lowest BCUT2D eigenvalue weighted by Gasteiger charge is -2.55. The SMILES string of the molecule is CCOC(=O)[C@@H](C[C@H](CB(C)O)Cc1ccc(-c2cc(Cl)ccc2F)cc1)CN1CC2(COC2)C1.CCOC(=O)[C@@H](C[C@H](N)Cc1ccc(-c2cc(Cl)ccc2F)cc1)CN1CC2(COC2)C1.CCOC(=O)[C@H](COS(=O)(=O)c1ccc(Br)cc1)C[C@H](CB(C)O)Cc1ccc(-c2cc(Cl)ccc2F)cc1. The van der Waals surface area contributed by atoms with Gasteiger partial charge in [-0.2, -0.15) is 8.42 Å². The van der Waals surface area contributed by atoms with Crippen LogP contribution in [-0.4, -0.2) is 158 Å². The minimum absolute atomic E-state index is 0.0231. The fourth-order valence-electron chi connectivity index (χ4n) is 14.5. The normalized spacial score (nSPS) is 16.7. The van der Waals surface area contributed by atoms with E-state index in [4.69, 9.17) is 68.4 Å². The highest BCUT2D eigenvalue weighted by Gasteiger charge is 2.51. The van der Waals surface area contributed by atoms with E-state index < -0.39 is 35.8 Å². The molecule has 0 amide bonds. The minimum atomic E-state index is -4.09. The second-order valence-corrected chi connectivity index (χ2v) is 32.6. The lowest BCUT2D eigenvalue weighted by molar-refractivity contribution is -0.193. The van der Waals surface area contributed by atoms with Gasteiger partial charge in [0.15, 0.2) is 0 Å². The maximum atomic E-state index is 14.3. The topological polar surface area (TPSA) is 214 Å². The van der Waals surface area contributed by atoms with E-state index in [-0.39, 0.29) is 83.6 Å². The predicted molar refractivity (Wildman–Crippen MR) is 415 cm³/mol. The van der Waals surface area contributed by atoms with Crippen LogP contribution in [0.15, 0.2) is 161 Å². The van der Waals surface area contributed by atoms with Crippen molar-refractivity contribution in [3.8, 4) is 33.4 Å². The molecule has 6 atom stereocenters. The molecule has 4 fully saturated rings. The molecule has 26 heteroatoms. The average molecular weight is 1600 g/mol. The van der Waals surface area contributed by atoms with Crippen LogP contribution in [0.2, 0.25) is 41.4 Å². The number of likely N-dealkylation sites (tertiary alicyclic amines) is 2. The number of nitrogens with two attached hydrogens (primary N) is 1. The fourth-order valence-corrected chi connectivity index (χ4v) is 16.2. The number of benzene rings is 7. The number of ether oxygens (including phenoxy) is 5. The van der Waals surface area contributed by atoms with Crippen molar-refractivity contribution in [1.82, 2.24) is 9.80 Å². The zero-order chi connectivity index (χ0) is 76.3. The van der Waals surface area contributed by atoms with Crippen molar-refractivity contribution in [2.75, 3.05) is 92.1 Å². The molecule has 0 aliphatic carbocycles. The van der Waals surface area contributed by atoms with Crippen LogP contribution in [0, 0.1) is 57.9 Å². The average Bonchev–Trinajstić information content (AvgIpc) is 0.766. The second-order valence-electron chi connectivity index (χ2n) is 28.8. The van der Waals surface area contributed by atoms with Crippen LogP contribution in [-0.2, 0) is 71.6 Å². The molecule has 4 aliphatic heterocycles. The minimum Gasteiger partial charge on any atom is -0.466 e. The van der Waals surface area contributed by atoms with Gasteiger partial charge in [-0.25, -0.2) is 13.2 Å². The first-order valence-electron chi connectivity index (χ1n) is 36.1. The number of carbonyl (C=O) groups is 3. The summed E-state index contributed by atoms with van der Waals surface area (Å²) in [6.45, 7) is 16.6. The van der Waals surface area contributed by atoms with Crippen LogP contribution in [0.25, 0.3) is 33.4 Å². The number of hydrogen-bond donors (Lipinski definition) is 3. The second kappa shape index (κ2) is 39.5. The standard InChI is InChI=1S/C28H30BBrClFO6S.C27H34BClFNO4.C25H30ClFN2O3/c1-3-37-28(33)22(18-38-39(35,36)25-11-8-23(30)9-12-25)15-20(17-29(2)34)14-19-4-6-21(7-5-19)26-16-24(31)10-13-27(26)32;1-3-35-26(32)22(14-31-15-27(16-31)17-34-18-27)11-20(13-28(2)33)10-19-4-6-21(7-5-19)24-12-23(29)8-9-25(24)30;1-2-32-24(30)19(12-29-13-25(14-29)15-31-16-25)10-21(28)9-17-3-5-18(6-4-17)22-11-20(26)7-8-23(22)27/h4-13,16,20,22,34H,3,14-15,17-18H2,1-2H3;4-9,12,20,22,33H,3,10-11,13-18H2,1-2H3;3-8,11,19,21H,2,9-10,12-16,28H2,1H3/t2*20-,22+;19-,21+/m110/s1. The zero-order valence-electron chi connectivity index (χ0n) is 60.5. The third kappa shape index (κ3) is 24.4. The Kier molecular flexibility index (Phi) is 31.2. The molecule has 4 N–H and O–H groups in total. The summed E-state index contributed by atoms with van der Waals surface area (Å²) in [5.74, 6) is -3.34. The Morgan fingerprint density at radius 3 is 1.21 bits per heavy atom. The van der Waals surface area contributed by atoms with Crippen molar-refractivity contribution >= 4 is 92.6 Å². The van der Waals surface area contributed by atoms with Crippen LogP contribution in [0.1, 0.15) is 56.7 Å². The summed E-state index contributed by atoms with van der Waals surface area (Å²) < 4.78 is 101. The Morgan fingerprint density at radius 2 is 0.868 bits per heavy atom. The highest BCUT2D eigenvalue weighted by atomic mass is 79.9. The lowest BCUT2D eigenvalue weighted by Crippen LogP contribution is -2.66. The monoisotopic (exact) mass is 1600 g/mol. The molecule has 0 radical (unpaired) electrons. The Morgan fingerprint density at radius 1 is 0.528 bits per heavy atom. The van der Waals surface area contributed by atoms with Crippen molar-refractivity contribution < 1.29 is 73.9 Å². The molecule has 4 aliphatic rings. The van der Waals surface area contributed by atoms with Crippen molar-refractivity contribution in [3.05, 3.63) is 205 Å². The number of nitrogens with zero attached hydrogens (tertiary/aromatic N) is 2. The Bertz CT molecular complexity index is 4140. The van der Waals surface area contributed by atoms with Gasteiger partial charge in [-0.15, -0.1) is 0 Å². The first-order valence-corrected chi connectivity index (χ1v) is 39.5. The molecule has 7 aromatic carbocycles. The van der Waals surface area contributed by atoms with Gasteiger partial charge in [-0.05, 0) is 196 Å². The van der Waals surface area contributed by atoms with Crippen LogP contribution in [0.3, 0.4) is 0 Å². The molecule has 2 spiro atoms. The largest absolute Gasteiger partial charge is 0.466 e. The maximum Gasteiger partial charge on any atom is 0.311 e. The molecule has 16 nitrogen and oxygen atoms in total. The van der Waals surface area contributed by atoms with Gasteiger partial charge >= 0.3 is 17.9 Å². The fraction of sp³-hybridized carbons (Fsp3) is 0.438. The molecule has 0 saturated carbocycles. The summed E-state index contributed by atoms with van der Waals surface area (Å²) in [5.41, 5.74) is 13.6. The first kappa shape index (κ1) is 83.9. The van der Waals surface area contributed by atoms with E-state index in [1.165, 1.54) is 48.5 Å². The summed E-state index contributed by atoms with van der Waals surface area (Å²) >= 11 is 21.4. The Labute approximate surface area is 645 Å². The van der Waals surface area contributed by atoms with Gasteiger partial charge in [0.05, 0.1) is 75.5 Å². The van der Waals surface area contributed by atoms with E-state index in [1.54, 1.807) is 63.0 Å². The van der Waals surface area contributed by atoms with Gasteiger partial charge in [-0.3, -0.25) is 18.6 Å². The van der Waals surface area contributed by atoms with E-state index in [9.17, 15) is 46.0 Å². The van der Waals surface area contributed by atoms with E-state index in [1.807, 2.05) is 74.5 Å². The summed E-state index contributed by atoms with van der Waals surface area (Å²) in [7, 11) is -4.09. The summed E-state index contributed by atoms with van der Waals surface area (Å²) in [6.07, 6.45) is 4.27. The van der Waals surface area contributed by atoms with Crippen LogP contribution >= 0.6 is 50.7 Å². The predicted octanol–water partition coefficient (Wildman–Crippen LogP) is 15.4. The Hall–Kier alpha value is -6.15. The van der Waals surface area contributed by atoms with Crippen molar-refractivity contribution in [3.63, 3.8) is 0 Å². The van der Waals surface area contributed by atoms with E-state index in [0.717, 1.165) is 91.3 Å². The van der Waals surface area contributed by atoms with E-state index in [0.29, 0.717) is 113 Å². The maximum absolute atomic E-state index is 14.3. The molecule has 0 aromatic heterocycles. The number of halogens is 7. The molecule has 4 heterocycles. The first-order chi connectivity index (χ1) is 50.6. The summed E-state index contributed by atoms with van der Waals surface area (Å²) in [5, 5.41) is 21.7. The van der Waals surface area contributed by atoms with E-state index in [2.05, 4.69) is 25.7 Å². The van der Waals surface area contributed by atoms with Crippen LogP contribution in [0.5, 0.6) is 0 Å². The van der Waals surface area contributed by atoms with Gasteiger partial charge in [0.2, 0.25) is 0 Å². The highest BCUT2D eigenvalue weighted by molar-refractivity contribution is 9.10. The van der Waals surface area contributed by atoms with Gasteiger partial charge in [0, 0.05) is 92.4 Å². The number of esters is 3. The third-order valence-corrected chi connectivity index (χ3v) is 22.0. The number of carbonyl (C=O) groups excluding carboxylic acids is 3. The highest BCUT2D eigenvalue weighted by Crippen LogP contribution is 2.41. The molecule has 106 heavy (non-hydrogen) atoms. The quantitative estimate of drug-likeness (QED) is 0.0151. The molecule has 0 unspecified atom stereocenters. The molecular weight excluding hydrogens is 1510 g/mol. The Balaban J connectivity index is 0.000000185. The number of hydrogen-bond acceptors (Lipinski definition) is 16. The molecule has 568 valence electrons. The van der Waals surface area contributed by atoms with Crippen molar-refractivity contribution in [2.45, 2.75) is 96.5 Å². The number of rotatable bonds is 33. The van der Waals surface area contributed by atoms with Gasteiger partial charge in [0.1, 0.15) is 17.5 Å². The summed E-state index contributed by atoms with van der Waals surface area (Å²) in [6, 6.07) is 42.0. The smallest absolute Gasteiger partial charge is 0.311 e. The van der Waals surface area contributed by atoms with Crippen LogP contribution < -0.4 is 5.73 Å². The van der Waals surface area contributed by atoms with Crippen LogP contribution in [0.4, 0.5) is 13.2 Å². The van der Waals surface area contributed by atoms with Crippen molar-refractivity contribution in [2.24, 2.45) is 46.2 Å². The third-order valence-electron chi connectivity index (χ3n) is 19.5. The summed E-state index contributed by atoms with van der Waals surface area (Å²) in [4.78, 5) is 42.7. The molecule has 7 aromatic rings. The van der Waals surface area contributed by atoms with Crippen molar-refractivity contribution in [1.29, 1.82) is 0 Å². The lowest BCUT2D eigenvalue weighted by atomic mass is 9.61. The molecule has 0 bridgehead atoms. The zero-order valence-corrected chi connectivity index (χ0v) is 65.2. The van der Waals surface area contributed by atoms with Gasteiger partial charge in [0.25, 0.3) is 23.9 Å².